The highest BCUT2D eigenvalue weighted by Crippen LogP contribution is 2.54. The molecule has 0 radical (unpaired) electrons. The number of hydrogen-bond acceptors (Lipinski definition) is 5. The molecule has 3 heterocycles. The molecule has 6 nitrogen and oxygen atoms in total. The summed E-state index contributed by atoms with van der Waals surface area (Å²) >= 11 is 1.69. The van der Waals surface area contributed by atoms with Crippen LogP contribution in [0.25, 0.3) is 0 Å². The Balaban J connectivity index is 1.88. The molecular formula is C20H23N3O3S. The van der Waals surface area contributed by atoms with Gasteiger partial charge in [0.05, 0.1) is 11.8 Å². The van der Waals surface area contributed by atoms with Gasteiger partial charge in [-0.05, 0) is 24.5 Å². The number of amides is 3. The van der Waals surface area contributed by atoms with Crippen molar-refractivity contribution in [3.8, 4) is 0 Å². The first-order valence-electron chi connectivity index (χ1n) is 9.09. The van der Waals surface area contributed by atoms with Crippen LogP contribution in [0.15, 0.2) is 36.9 Å². The summed E-state index contributed by atoms with van der Waals surface area (Å²) in [5.41, 5.74) is 0.397. The summed E-state index contributed by atoms with van der Waals surface area (Å²) in [5, 5.41) is 3.47. The van der Waals surface area contributed by atoms with Gasteiger partial charge in [0.25, 0.3) is 5.91 Å². The molecule has 0 aromatic heterocycles. The van der Waals surface area contributed by atoms with Gasteiger partial charge in [-0.25, -0.2) is 0 Å². The summed E-state index contributed by atoms with van der Waals surface area (Å²) in [6, 6.07) is 7.34. The number of nitrogens with zero attached hydrogens (tertiary/aromatic N) is 2. The molecule has 1 spiro atoms. The Labute approximate surface area is 163 Å². The molecule has 4 atom stereocenters. The van der Waals surface area contributed by atoms with E-state index in [-0.39, 0.29) is 23.8 Å². The van der Waals surface area contributed by atoms with Crippen LogP contribution in [0.1, 0.15) is 12.0 Å². The van der Waals surface area contributed by atoms with Gasteiger partial charge >= 0.3 is 0 Å². The van der Waals surface area contributed by atoms with Crippen molar-refractivity contribution < 1.29 is 14.4 Å². The van der Waals surface area contributed by atoms with Crippen molar-refractivity contribution in [2.45, 2.75) is 18.0 Å². The van der Waals surface area contributed by atoms with E-state index in [9.17, 15) is 14.4 Å². The molecule has 3 aliphatic heterocycles. The fourth-order valence-corrected chi connectivity index (χ4v) is 5.38. The van der Waals surface area contributed by atoms with Crippen molar-refractivity contribution in [3.63, 3.8) is 0 Å². The maximum atomic E-state index is 13.6. The fraction of sp³-hybridized carbons (Fsp3) is 0.450. The molecule has 0 saturated carbocycles. The molecule has 1 aromatic rings. The molecule has 4 rings (SSSR count). The second-order valence-corrected chi connectivity index (χ2v) is 8.29. The predicted molar refractivity (Wildman–Crippen MR) is 105 cm³/mol. The highest BCUT2D eigenvalue weighted by atomic mass is 32.2. The third-order valence-corrected chi connectivity index (χ3v) is 6.68. The number of thioether (sulfide) groups is 1. The van der Waals surface area contributed by atoms with E-state index in [4.69, 9.17) is 0 Å². The Hall–Kier alpha value is -2.12. The monoisotopic (exact) mass is 385 g/mol. The lowest BCUT2D eigenvalue weighted by Gasteiger charge is -2.30. The van der Waals surface area contributed by atoms with Crippen molar-refractivity contribution in [3.05, 3.63) is 42.5 Å². The molecular weight excluding hydrogens is 362 g/mol. The van der Waals surface area contributed by atoms with Crippen molar-refractivity contribution in [2.75, 3.05) is 30.5 Å². The summed E-state index contributed by atoms with van der Waals surface area (Å²) in [6.07, 6.45) is 4.42. The first-order chi connectivity index (χ1) is 13.0. The molecule has 3 aliphatic rings. The number of fused-ring (bicyclic) bond motifs is 4. The smallest absolute Gasteiger partial charge is 0.253 e. The van der Waals surface area contributed by atoms with Gasteiger partial charge < -0.3 is 4.90 Å². The van der Waals surface area contributed by atoms with E-state index in [1.54, 1.807) is 22.7 Å². The summed E-state index contributed by atoms with van der Waals surface area (Å²) < 4.78 is 0. The normalized spacial score (nSPS) is 31.8. The SMILES string of the molecule is C=CCN1C(=O)[C@]2(N[C@H](CCSC)[C@@H]3C(=O)N(C)C(=O)[C@H]32)c2ccccc21. The van der Waals surface area contributed by atoms with E-state index in [1.165, 1.54) is 11.9 Å². The molecule has 1 aromatic carbocycles. The molecule has 7 heteroatoms. The fourth-order valence-electron chi connectivity index (χ4n) is 4.89. The third-order valence-electron chi connectivity index (χ3n) is 6.03. The first-order valence-corrected chi connectivity index (χ1v) is 10.5. The number of para-hydroxylation sites is 1. The van der Waals surface area contributed by atoms with E-state index in [0.717, 1.165) is 23.4 Å². The Morgan fingerprint density at radius 2 is 2.00 bits per heavy atom. The topological polar surface area (TPSA) is 69.7 Å². The average molecular weight is 385 g/mol. The number of likely N-dealkylation sites (tertiary alicyclic amines) is 1. The maximum Gasteiger partial charge on any atom is 0.253 e. The Bertz CT molecular complexity index is 842. The Morgan fingerprint density at radius 3 is 2.70 bits per heavy atom. The van der Waals surface area contributed by atoms with E-state index < -0.39 is 17.4 Å². The number of imide groups is 1. The van der Waals surface area contributed by atoms with E-state index >= 15 is 0 Å². The summed E-state index contributed by atoms with van der Waals surface area (Å²) in [4.78, 5) is 42.4. The van der Waals surface area contributed by atoms with Crippen molar-refractivity contribution in [2.24, 2.45) is 11.8 Å². The van der Waals surface area contributed by atoms with Crippen molar-refractivity contribution >= 4 is 35.2 Å². The van der Waals surface area contributed by atoms with Gasteiger partial charge in [-0.2, -0.15) is 11.8 Å². The number of anilines is 1. The van der Waals surface area contributed by atoms with E-state index in [0.29, 0.717) is 6.54 Å². The standard InChI is InChI=1S/C20H23N3O3S/c1-4-10-23-14-8-6-5-7-12(14)20(19(23)26)16-15(13(21-20)9-11-27-3)17(24)22(2)18(16)25/h4-8,13,15-16,21H,1,9-11H2,2-3H3/t13-,15+,16+,20+/m1/s1. The van der Waals surface area contributed by atoms with Gasteiger partial charge in [0.15, 0.2) is 0 Å². The van der Waals surface area contributed by atoms with Gasteiger partial charge in [0.1, 0.15) is 5.54 Å². The molecule has 1 N–H and O–H groups in total. The number of nitrogens with one attached hydrogen (secondary N) is 1. The van der Waals surface area contributed by atoms with Crippen LogP contribution in [0.3, 0.4) is 0 Å². The zero-order valence-corrected chi connectivity index (χ0v) is 16.3. The summed E-state index contributed by atoms with van der Waals surface area (Å²) in [5.74, 6) is -0.975. The van der Waals surface area contributed by atoms with Crippen LogP contribution in [0, 0.1) is 11.8 Å². The molecule has 0 unspecified atom stereocenters. The lowest BCUT2D eigenvalue weighted by molar-refractivity contribution is -0.141. The predicted octanol–water partition coefficient (Wildman–Crippen LogP) is 1.37. The molecule has 27 heavy (non-hydrogen) atoms. The van der Waals surface area contributed by atoms with Crippen LogP contribution >= 0.6 is 11.8 Å². The summed E-state index contributed by atoms with van der Waals surface area (Å²) in [6.45, 7) is 4.13. The minimum absolute atomic E-state index is 0.165. The minimum Gasteiger partial charge on any atom is -0.306 e. The molecule has 0 bridgehead atoms. The maximum absolute atomic E-state index is 13.6. The van der Waals surface area contributed by atoms with E-state index in [1.807, 2.05) is 30.5 Å². The second kappa shape index (κ2) is 6.49. The molecule has 142 valence electrons. The lowest BCUT2D eigenvalue weighted by atomic mass is 9.76. The largest absolute Gasteiger partial charge is 0.306 e. The van der Waals surface area contributed by atoms with Gasteiger partial charge in [-0.15, -0.1) is 6.58 Å². The number of rotatable bonds is 5. The van der Waals surface area contributed by atoms with Gasteiger partial charge in [0, 0.05) is 30.9 Å². The molecule has 2 fully saturated rings. The highest BCUT2D eigenvalue weighted by Gasteiger charge is 2.70. The lowest BCUT2D eigenvalue weighted by Crippen LogP contribution is -2.55. The van der Waals surface area contributed by atoms with Crippen molar-refractivity contribution in [1.82, 2.24) is 10.2 Å². The van der Waals surface area contributed by atoms with Crippen LogP contribution < -0.4 is 10.2 Å². The van der Waals surface area contributed by atoms with Crippen LogP contribution in [-0.2, 0) is 19.9 Å². The van der Waals surface area contributed by atoms with Gasteiger partial charge in [-0.3, -0.25) is 24.6 Å². The zero-order chi connectivity index (χ0) is 19.3. The van der Waals surface area contributed by atoms with Crippen LogP contribution in [-0.4, -0.2) is 54.3 Å². The van der Waals surface area contributed by atoms with E-state index in [2.05, 4.69) is 11.9 Å². The first kappa shape index (κ1) is 18.3. The number of carbonyl (C=O) groups is 3. The molecule has 2 saturated heterocycles. The summed E-state index contributed by atoms with van der Waals surface area (Å²) in [7, 11) is 1.52. The third kappa shape index (κ3) is 2.28. The molecule has 0 aliphatic carbocycles. The quantitative estimate of drug-likeness (QED) is 0.612. The van der Waals surface area contributed by atoms with Gasteiger partial charge in [-0.1, -0.05) is 24.3 Å². The van der Waals surface area contributed by atoms with Crippen LogP contribution in [0.5, 0.6) is 0 Å². The zero-order valence-electron chi connectivity index (χ0n) is 15.5. The van der Waals surface area contributed by atoms with Crippen LogP contribution in [0.2, 0.25) is 0 Å². The average Bonchev–Trinajstić information content (AvgIpc) is 3.22. The Kier molecular flexibility index (Phi) is 4.39. The number of hydrogen-bond donors (Lipinski definition) is 1. The Morgan fingerprint density at radius 1 is 1.26 bits per heavy atom. The highest BCUT2D eigenvalue weighted by molar-refractivity contribution is 7.98. The molecule has 3 amide bonds. The van der Waals surface area contributed by atoms with Crippen LogP contribution in [0.4, 0.5) is 5.69 Å². The van der Waals surface area contributed by atoms with Gasteiger partial charge in [0.2, 0.25) is 11.8 Å². The second-order valence-electron chi connectivity index (χ2n) is 7.30. The van der Waals surface area contributed by atoms with Crippen molar-refractivity contribution in [1.29, 1.82) is 0 Å². The minimum atomic E-state index is -1.18. The number of benzene rings is 1. The number of carbonyl (C=O) groups excluding carboxylic acids is 3.